The van der Waals surface area contributed by atoms with Crippen molar-refractivity contribution in [3.63, 3.8) is 0 Å². The van der Waals surface area contributed by atoms with Crippen molar-refractivity contribution in [1.29, 1.82) is 0 Å². The monoisotopic (exact) mass is 560 g/mol. The van der Waals surface area contributed by atoms with Crippen LogP contribution in [0.4, 0.5) is 0 Å². The summed E-state index contributed by atoms with van der Waals surface area (Å²) in [5, 5.41) is 15.2. The van der Waals surface area contributed by atoms with Crippen molar-refractivity contribution in [2.24, 2.45) is 12.0 Å². The van der Waals surface area contributed by atoms with Gasteiger partial charge in [0.05, 0.1) is 19.2 Å². The molecule has 1 aromatic carbocycles. The zero-order valence-electron chi connectivity index (χ0n) is 19.6. The molecule has 0 aliphatic carbocycles. The van der Waals surface area contributed by atoms with E-state index in [1.54, 1.807) is 0 Å². The van der Waals surface area contributed by atoms with Crippen LogP contribution in [0.2, 0.25) is 0 Å². The molecule has 0 saturated heterocycles. The highest BCUT2D eigenvalue weighted by atomic mass is 127. The number of ether oxygens (including phenoxy) is 1. The van der Waals surface area contributed by atoms with Crippen molar-refractivity contribution >= 4 is 41.7 Å². The van der Waals surface area contributed by atoms with E-state index in [2.05, 4.69) is 66.1 Å². The predicted molar refractivity (Wildman–Crippen MR) is 142 cm³/mol. The smallest absolute Gasteiger partial charge is 0.191 e. The van der Waals surface area contributed by atoms with Gasteiger partial charge in [0.1, 0.15) is 11.6 Å². The first-order valence-electron chi connectivity index (χ1n) is 10.6. The standard InChI is InChI=1S/C22H36N6OS.HI/c1-7-17(3)29-20-13-16(2)9-10-19(20)14-24-22(23-11-8-12-30-6)25-15-21-27-26-18(4)28(21)5;/h9-10,13,17H,7-8,11-12,14-15H2,1-6H3,(H2,23,24,25);1H. The fraction of sp³-hybridized carbons (Fsp3) is 0.591. The zero-order chi connectivity index (χ0) is 21.9. The van der Waals surface area contributed by atoms with Gasteiger partial charge in [-0.15, -0.1) is 34.2 Å². The van der Waals surface area contributed by atoms with Gasteiger partial charge in [0.15, 0.2) is 11.8 Å². The largest absolute Gasteiger partial charge is 0.490 e. The Hall–Kier alpha value is -1.49. The average Bonchev–Trinajstić information content (AvgIpc) is 3.05. The summed E-state index contributed by atoms with van der Waals surface area (Å²) in [4.78, 5) is 4.82. The van der Waals surface area contributed by atoms with Gasteiger partial charge in [-0.25, -0.2) is 4.99 Å². The predicted octanol–water partition coefficient (Wildman–Crippen LogP) is 4.22. The summed E-state index contributed by atoms with van der Waals surface area (Å²) in [5.41, 5.74) is 2.27. The number of benzene rings is 1. The first kappa shape index (κ1) is 27.5. The summed E-state index contributed by atoms with van der Waals surface area (Å²) >= 11 is 1.85. The number of guanidine groups is 1. The molecule has 2 rings (SSSR count). The highest BCUT2D eigenvalue weighted by Crippen LogP contribution is 2.23. The minimum absolute atomic E-state index is 0. The third kappa shape index (κ3) is 9.26. The second-order valence-corrected chi connectivity index (χ2v) is 8.45. The first-order chi connectivity index (χ1) is 14.4. The van der Waals surface area contributed by atoms with Crippen molar-refractivity contribution < 1.29 is 4.74 Å². The number of halogens is 1. The van der Waals surface area contributed by atoms with Gasteiger partial charge in [-0.2, -0.15) is 11.8 Å². The molecule has 9 heteroatoms. The maximum atomic E-state index is 6.13. The molecular weight excluding hydrogens is 523 g/mol. The van der Waals surface area contributed by atoms with Gasteiger partial charge in [0.25, 0.3) is 0 Å². The normalized spacial score (nSPS) is 12.3. The van der Waals surface area contributed by atoms with Crippen molar-refractivity contribution in [3.05, 3.63) is 41.0 Å². The number of aliphatic imine (C=N–C) groups is 1. The van der Waals surface area contributed by atoms with Crippen LogP contribution in [0.3, 0.4) is 0 Å². The molecule has 1 atom stereocenters. The van der Waals surface area contributed by atoms with Crippen LogP contribution in [-0.4, -0.2) is 45.4 Å². The summed E-state index contributed by atoms with van der Waals surface area (Å²) in [5.74, 6) is 4.57. The Balaban J connectivity index is 0.00000480. The number of nitrogens with zero attached hydrogens (tertiary/aromatic N) is 4. The molecule has 0 saturated carbocycles. The van der Waals surface area contributed by atoms with E-state index in [-0.39, 0.29) is 30.1 Å². The molecule has 31 heavy (non-hydrogen) atoms. The van der Waals surface area contributed by atoms with Gasteiger partial charge in [-0.1, -0.05) is 19.1 Å². The second kappa shape index (κ2) is 14.5. The lowest BCUT2D eigenvalue weighted by molar-refractivity contribution is 0.215. The molecule has 0 bridgehead atoms. The van der Waals surface area contributed by atoms with E-state index in [1.807, 2.05) is 30.3 Å². The topological polar surface area (TPSA) is 76.4 Å². The number of rotatable bonds is 11. The molecule has 0 radical (unpaired) electrons. The molecule has 2 N–H and O–H groups in total. The number of aromatic nitrogens is 3. The quantitative estimate of drug-likeness (QED) is 0.186. The molecular formula is C22H37IN6OS. The van der Waals surface area contributed by atoms with E-state index in [0.29, 0.717) is 13.1 Å². The fourth-order valence-electron chi connectivity index (χ4n) is 2.73. The molecule has 0 spiro atoms. The summed E-state index contributed by atoms with van der Waals surface area (Å²) in [6, 6.07) is 6.31. The van der Waals surface area contributed by atoms with Crippen molar-refractivity contribution in [2.45, 2.75) is 59.7 Å². The molecule has 0 aliphatic heterocycles. The first-order valence-corrected chi connectivity index (χ1v) is 12.0. The number of nitrogens with one attached hydrogen (secondary N) is 2. The van der Waals surface area contributed by atoms with E-state index in [1.165, 1.54) is 5.56 Å². The number of hydrogen-bond donors (Lipinski definition) is 2. The third-order valence-electron chi connectivity index (χ3n) is 4.95. The van der Waals surface area contributed by atoms with Crippen LogP contribution in [0.1, 0.15) is 49.5 Å². The van der Waals surface area contributed by atoms with Crippen LogP contribution in [0, 0.1) is 13.8 Å². The van der Waals surface area contributed by atoms with E-state index in [4.69, 9.17) is 9.73 Å². The summed E-state index contributed by atoms with van der Waals surface area (Å²) in [7, 11) is 1.97. The number of thioether (sulfide) groups is 1. The molecule has 7 nitrogen and oxygen atoms in total. The molecule has 2 aromatic rings. The Morgan fingerprint density at radius 3 is 2.68 bits per heavy atom. The van der Waals surface area contributed by atoms with E-state index < -0.39 is 0 Å². The Kier molecular flexibility index (Phi) is 12.9. The van der Waals surface area contributed by atoms with Crippen LogP contribution < -0.4 is 15.4 Å². The van der Waals surface area contributed by atoms with Gasteiger partial charge in [0.2, 0.25) is 0 Å². The molecule has 1 unspecified atom stereocenters. The SMILES string of the molecule is CCC(C)Oc1cc(C)ccc1CN=C(NCCCSC)NCc1nnc(C)n1C.I. The highest BCUT2D eigenvalue weighted by Gasteiger charge is 2.10. The Labute approximate surface area is 208 Å². The summed E-state index contributed by atoms with van der Waals surface area (Å²) in [6.07, 6.45) is 4.35. The van der Waals surface area contributed by atoms with Gasteiger partial charge in [0, 0.05) is 19.2 Å². The lowest BCUT2D eigenvalue weighted by Crippen LogP contribution is -2.38. The Morgan fingerprint density at radius 2 is 2.03 bits per heavy atom. The summed E-state index contributed by atoms with van der Waals surface area (Å²) in [6.45, 7) is 10.2. The maximum absolute atomic E-state index is 6.13. The Bertz CT molecular complexity index is 826. The van der Waals surface area contributed by atoms with Crippen LogP contribution >= 0.6 is 35.7 Å². The van der Waals surface area contributed by atoms with Gasteiger partial charge < -0.3 is 19.9 Å². The fourth-order valence-corrected chi connectivity index (χ4v) is 3.16. The van der Waals surface area contributed by atoms with Gasteiger partial charge >= 0.3 is 0 Å². The number of hydrogen-bond acceptors (Lipinski definition) is 5. The van der Waals surface area contributed by atoms with Gasteiger partial charge in [-0.3, -0.25) is 0 Å². The minimum atomic E-state index is 0. The lowest BCUT2D eigenvalue weighted by Gasteiger charge is -2.17. The molecule has 174 valence electrons. The maximum Gasteiger partial charge on any atom is 0.191 e. The molecule has 0 fully saturated rings. The highest BCUT2D eigenvalue weighted by molar-refractivity contribution is 14.0. The number of aryl methyl sites for hydroxylation is 2. The summed E-state index contributed by atoms with van der Waals surface area (Å²) < 4.78 is 8.12. The van der Waals surface area contributed by atoms with Crippen LogP contribution in [0.25, 0.3) is 0 Å². The zero-order valence-corrected chi connectivity index (χ0v) is 22.7. The van der Waals surface area contributed by atoms with E-state index in [9.17, 15) is 0 Å². The van der Waals surface area contributed by atoms with Crippen LogP contribution in [-0.2, 0) is 20.1 Å². The average molecular weight is 561 g/mol. The van der Waals surface area contributed by atoms with Crippen molar-refractivity contribution in [3.8, 4) is 5.75 Å². The molecule has 1 aromatic heterocycles. The van der Waals surface area contributed by atoms with E-state index >= 15 is 0 Å². The third-order valence-corrected chi connectivity index (χ3v) is 5.64. The molecule has 0 amide bonds. The van der Waals surface area contributed by atoms with Crippen molar-refractivity contribution in [1.82, 2.24) is 25.4 Å². The molecule has 0 aliphatic rings. The minimum Gasteiger partial charge on any atom is -0.490 e. The van der Waals surface area contributed by atoms with Crippen LogP contribution in [0.5, 0.6) is 5.75 Å². The van der Waals surface area contributed by atoms with Crippen LogP contribution in [0.15, 0.2) is 23.2 Å². The van der Waals surface area contributed by atoms with E-state index in [0.717, 1.165) is 54.1 Å². The second-order valence-electron chi connectivity index (χ2n) is 7.46. The van der Waals surface area contributed by atoms with Crippen molar-refractivity contribution in [2.75, 3.05) is 18.6 Å². The Morgan fingerprint density at radius 1 is 1.26 bits per heavy atom. The lowest BCUT2D eigenvalue weighted by atomic mass is 10.1. The van der Waals surface area contributed by atoms with Gasteiger partial charge in [-0.05, 0) is 57.3 Å². The molecule has 1 heterocycles.